The van der Waals surface area contributed by atoms with E-state index < -0.39 is 5.82 Å². The van der Waals surface area contributed by atoms with Crippen LogP contribution in [-0.2, 0) is 9.59 Å². The summed E-state index contributed by atoms with van der Waals surface area (Å²) in [5, 5.41) is 3.12. The van der Waals surface area contributed by atoms with Crippen LogP contribution in [-0.4, -0.2) is 59.7 Å². The quantitative estimate of drug-likeness (QED) is 0.690. The van der Waals surface area contributed by atoms with Gasteiger partial charge < -0.3 is 15.1 Å². The van der Waals surface area contributed by atoms with E-state index in [4.69, 9.17) is 0 Å². The van der Waals surface area contributed by atoms with Crippen molar-refractivity contribution in [2.24, 2.45) is 5.92 Å². The number of hydrogen-bond donors (Lipinski definition) is 1. The third-order valence-electron chi connectivity index (χ3n) is 6.63. The van der Waals surface area contributed by atoms with E-state index in [0.29, 0.717) is 51.9 Å². The standard InChI is InChI=1S/C27H30FN3O3/c28-24-9-5-4-8-23(24)27(34)31-18-14-22(15-19-31)29-26(33)21-12-16-30(17-13-21)25(32)11-10-20-6-2-1-3-7-20/h1-11,21-22H,12-19H2,(H,29,33)/b11-10+. The Morgan fingerprint density at radius 2 is 1.44 bits per heavy atom. The van der Waals surface area contributed by atoms with Crippen molar-refractivity contribution in [1.29, 1.82) is 0 Å². The van der Waals surface area contributed by atoms with Crippen molar-refractivity contribution in [2.45, 2.75) is 31.7 Å². The van der Waals surface area contributed by atoms with Crippen LogP contribution in [0.4, 0.5) is 4.39 Å². The lowest BCUT2D eigenvalue weighted by atomic mass is 9.94. The molecule has 2 aromatic rings. The third kappa shape index (κ3) is 5.90. The molecule has 2 aliphatic rings. The van der Waals surface area contributed by atoms with Crippen molar-refractivity contribution >= 4 is 23.8 Å². The fourth-order valence-electron chi connectivity index (χ4n) is 4.55. The molecule has 0 saturated carbocycles. The van der Waals surface area contributed by atoms with E-state index in [2.05, 4.69) is 5.32 Å². The van der Waals surface area contributed by atoms with Crippen LogP contribution in [0.5, 0.6) is 0 Å². The Hall–Kier alpha value is -3.48. The predicted octanol–water partition coefficient (Wildman–Crippen LogP) is 3.50. The van der Waals surface area contributed by atoms with Gasteiger partial charge in [-0.3, -0.25) is 14.4 Å². The summed E-state index contributed by atoms with van der Waals surface area (Å²) in [6, 6.07) is 15.7. The van der Waals surface area contributed by atoms with Gasteiger partial charge in [0.25, 0.3) is 5.91 Å². The van der Waals surface area contributed by atoms with Crippen LogP contribution in [0, 0.1) is 11.7 Å². The van der Waals surface area contributed by atoms with Gasteiger partial charge in [0.05, 0.1) is 5.56 Å². The van der Waals surface area contributed by atoms with Crippen molar-refractivity contribution in [3.63, 3.8) is 0 Å². The Labute approximate surface area is 199 Å². The molecule has 2 aromatic carbocycles. The SMILES string of the molecule is O=C(NC1CCN(C(=O)c2ccccc2F)CC1)C1CCN(C(=O)/C=C/c2ccccc2)CC1. The number of likely N-dealkylation sites (tertiary alicyclic amines) is 2. The second kappa shape index (κ2) is 11.1. The molecule has 0 radical (unpaired) electrons. The molecule has 34 heavy (non-hydrogen) atoms. The summed E-state index contributed by atoms with van der Waals surface area (Å²) < 4.78 is 13.9. The van der Waals surface area contributed by atoms with Gasteiger partial charge in [0.1, 0.15) is 5.82 Å². The maximum atomic E-state index is 13.9. The molecule has 0 spiro atoms. The van der Waals surface area contributed by atoms with E-state index in [1.54, 1.807) is 28.0 Å². The molecule has 2 saturated heterocycles. The Kier molecular flexibility index (Phi) is 7.72. The molecule has 2 aliphatic heterocycles. The number of amides is 3. The van der Waals surface area contributed by atoms with Gasteiger partial charge in [-0.2, -0.15) is 0 Å². The molecule has 0 bridgehead atoms. The number of hydrogen-bond acceptors (Lipinski definition) is 3. The number of nitrogens with one attached hydrogen (secondary N) is 1. The summed E-state index contributed by atoms with van der Waals surface area (Å²) in [4.78, 5) is 41.2. The molecule has 2 heterocycles. The molecule has 0 unspecified atom stereocenters. The minimum atomic E-state index is -0.511. The second-order valence-corrected chi connectivity index (χ2v) is 8.90. The highest BCUT2D eigenvalue weighted by molar-refractivity contribution is 5.94. The summed E-state index contributed by atoms with van der Waals surface area (Å²) >= 11 is 0. The molecular formula is C27H30FN3O3. The van der Waals surface area contributed by atoms with Crippen LogP contribution in [0.2, 0.25) is 0 Å². The monoisotopic (exact) mass is 463 g/mol. The van der Waals surface area contributed by atoms with Crippen molar-refractivity contribution in [2.75, 3.05) is 26.2 Å². The maximum Gasteiger partial charge on any atom is 0.256 e. The van der Waals surface area contributed by atoms with E-state index in [1.807, 2.05) is 36.4 Å². The highest BCUT2D eigenvalue weighted by atomic mass is 19.1. The lowest BCUT2D eigenvalue weighted by Crippen LogP contribution is -2.49. The number of rotatable bonds is 5. The zero-order chi connectivity index (χ0) is 23.9. The average molecular weight is 464 g/mol. The van der Waals surface area contributed by atoms with E-state index in [1.165, 1.54) is 12.1 Å². The minimum absolute atomic E-state index is 0.00522. The fraction of sp³-hybridized carbons (Fsp3) is 0.370. The van der Waals surface area contributed by atoms with E-state index in [-0.39, 0.29) is 35.2 Å². The Morgan fingerprint density at radius 3 is 2.12 bits per heavy atom. The lowest BCUT2D eigenvalue weighted by molar-refractivity contribution is -0.132. The van der Waals surface area contributed by atoms with Gasteiger partial charge in [-0.15, -0.1) is 0 Å². The maximum absolute atomic E-state index is 13.9. The number of nitrogens with zero attached hydrogens (tertiary/aromatic N) is 2. The van der Waals surface area contributed by atoms with Gasteiger partial charge in [0.15, 0.2) is 0 Å². The number of carbonyl (C=O) groups excluding carboxylic acids is 3. The summed E-state index contributed by atoms with van der Waals surface area (Å²) in [7, 11) is 0. The van der Waals surface area contributed by atoms with E-state index in [0.717, 1.165) is 5.56 Å². The predicted molar refractivity (Wildman–Crippen MR) is 128 cm³/mol. The zero-order valence-electron chi connectivity index (χ0n) is 19.2. The Bertz CT molecular complexity index is 1040. The van der Waals surface area contributed by atoms with E-state index in [9.17, 15) is 18.8 Å². The van der Waals surface area contributed by atoms with Crippen molar-refractivity contribution in [1.82, 2.24) is 15.1 Å². The molecular weight excluding hydrogens is 433 g/mol. The molecule has 1 N–H and O–H groups in total. The molecule has 178 valence electrons. The number of piperidine rings is 2. The first-order valence-corrected chi connectivity index (χ1v) is 11.9. The number of halogens is 1. The minimum Gasteiger partial charge on any atom is -0.353 e. The summed E-state index contributed by atoms with van der Waals surface area (Å²) in [6.45, 7) is 2.09. The highest BCUT2D eigenvalue weighted by Crippen LogP contribution is 2.20. The second-order valence-electron chi connectivity index (χ2n) is 8.90. The van der Waals surface area contributed by atoms with Crippen LogP contribution < -0.4 is 5.32 Å². The lowest BCUT2D eigenvalue weighted by Gasteiger charge is -2.35. The first-order chi connectivity index (χ1) is 16.5. The topological polar surface area (TPSA) is 69.7 Å². The van der Waals surface area contributed by atoms with Gasteiger partial charge in [-0.1, -0.05) is 42.5 Å². The van der Waals surface area contributed by atoms with Crippen LogP contribution in [0.15, 0.2) is 60.7 Å². The van der Waals surface area contributed by atoms with Crippen LogP contribution in [0.1, 0.15) is 41.6 Å². The molecule has 0 atom stereocenters. The van der Waals surface area contributed by atoms with Gasteiger partial charge >= 0.3 is 0 Å². The molecule has 6 nitrogen and oxygen atoms in total. The smallest absolute Gasteiger partial charge is 0.256 e. The Morgan fingerprint density at radius 1 is 0.824 bits per heavy atom. The Balaban J connectivity index is 1.20. The first kappa shape index (κ1) is 23.7. The van der Waals surface area contributed by atoms with Crippen LogP contribution >= 0.6 is 0 Å². The van der Waals surface area contributed by atoms with E-state index >= 15 is 0 Å². The molecule has 2 fully saturated rings. The number of carbonyl (C=O) groups is 3. The van der Waals surface area contributed by atoms with Crippen LogP contribution in [0.25, 0.3) is 6.08 Å². The molecule has 0 aromatic heterocycles. The van der Waals surface area contributed by atoms with Gasteiger partial charge in [0, 0.05) is 44.2 Å². The molecule has 7 heteroatoms. The molecule has 0 aliphatic carbocycles. The van der Waals surface area contributed by atoms with Gasteiger partial charge in [-0.05, 0) is 49.5 Å². The molecule has 3 amide bonds. The zero-order valence-corrected chi connectivity index (χ0v) is 19.2. The van der Waals surface area contributed by atoms with Crippen molar-refractivity contribution in [3.8, 4) is 0 Å². The average Bonchev–Trinajstić information content (AvgIpc) is 2.88. The summed E-state index contributed by atoms with van der Waals surface area (Å²) in [6.07, 6.45) is 5.97. The van der Waals surface area contributed by atoms with Crippen molar-refractivity contribution < 1.29 is 18.8 Å². The largest absolute Gasteiger partial charge is 0.353 e. The first-order valence-electron chi connectivity index (χ1n) is 11.9. The third-order valence-corrected chi connectivity index (χ3v) is 6.63. The highest BCUT2D eigenvalue weighted by Gasteiger charge is 2.30. The van der Waals surface area contributed by atoms with Crippen LogP contribution in [0.3, 0.4) is 0 Å². The fourth-order valence-corrected chi connectivity index (χ4v) is 4.55. The van der Waals surface area contributed by atoms with Crippen molar-refractivity contribution in [3.05, 3.63) is 77.6 Å². The summed E-state index contributed by atoms with van der Waals surface area (Å²) in [5.41, 5.74) is 1.07. The number of benzene rings is 2. The summed E-state index contributed by atoms with van der Waals surface area (Å²) in [5.74, 6) is -0.940. The van der Waals surface area contributed by atoms with Gasteiger partial charge in [0.2, 0.25) is 11.8 Å². The van der Waals surface area contributed by atoms with Gasteiger partial charge in [-0.25, -0.2) is 4.39 Å². The normalized spacial score (nSPS) is 17.7. The molecule has 4 rings (SSSR count).